The van der Waals surface area contributed by atoms with Crippen LogP contribution in [-0.2, 0) is 6.54 Å². The maximum atomic E-state index is 12.4. The van der Waals surface area contributed by atoms with Crippen LogP contribution in [0.5, 0.6) is 5.75 Å². The van der Waals surface area contributed by atoms with Gasteiger partial charge in [-0.1, -0.05) is 30.3 Å². The Bertz CT molecular complexity index is 850. The number of amides is 1. The quantitative estimate of drug-likeness (QED) is 0.737. The molecule has 0 saturated carbocycles. The van der Waals surface area contributed by atoms with Crippen LogP contribution < -0.4 is 10.1 Å². The highest BCUT2D eigenvalue weighted by atomic mass is 19.3. The van der Waals surface area contributed by atoms with Crippen molar-refractivity contribution in [3.05, 3.63) is 72.1 Å². The summed E-state index contributed by atoms with van der Waals surface area (Å²) >= 11 is 0. The SMILES string of the molecule is O=C(NCc1coc(-c2ccccc2)n1)c1ccccc1OC(F)F. The van der Waals surface area contributed by atoms with E-state index in [1.165, 1.54) is 24.5 Å². The number of nitrogens with one attached hydrogen (secondary N) is 1. The number of carbonyl (C=O) groups excluding carboxylic acids is 1. The highest BCUT2D eigenvalue weighted by Gasteiger charge is 2.15. The third-order valence-electron chi connectivity index (χ3n) is 3.35. The molecule has 0 aliphatic rings. The summed E-state index contributed by atoms with van der Waals surface area (Å²) in [7, 11) is 0. The number of halogens is 2. The van der Waals surface area contributed by atoms with Crippen LogP contribution in [0.15, 0.2) is 65.3 Å². The van der Waals surface area contributed by atoms with E-state index in [-0.39, 0.29) is 17.9 Å². The summed E-state index contributed by atoms with van der Waals surface area (Å²) in [5.74, 6) is -0.285. The van der Waals surface area contributed by atoms with Gasteiger partial charge >= 0.3 is 6.61 Å². The predicted octanol–water partition coefficient (Wildman–Crippen LogP) is 3.87. The normalized spacial score (nSPS) is 10.7. The molecule has 0 aliphatic heterocycles. The average Bonchev–Trinajstić information content (AvgIpc) is 3.09. The zero-order valence-electron chi connectivity index (χ0n) is 13.0. The van der Waals surface area contributed by atoms with Crippen molar-refractivity contribution >= 4 is 5.91 Å². The number of oxazole rings is 1. The van der Waals surface area contributed by atoms with Crippen LogP contribution in [0.4, 0.5) is 8.78 Å². The first kappa shape index (κ1) is 16.6. The van der Waals surface area contributed by atoms with E-state index in [1.54, 1.807) is 6.07 Å². The molecule has 0 aliphatic carbocycles. The standard InChI is InChI=1S/C18H14F2N2O3/c19-18(20)25-15-9-5-4-8-14(15)16(23)21-10-13-11-24-17(22-13)12-6-2-1-3-7-12/h1-9,11,18H,10H2,(H,21,23). The zero-order chi connectivity index (χ0) is 17.6. The lowest BCUT2D eigenvalue weighted by atomic mass is 10.2. The Morgan fingerprint density at radius 3 is 2.60 bits per heavy atom. The highest BCUT2D eigenvalue weighted by Crippen LogP contribution is 2.21. The first-order valence-electron chi connectivity index (χ1n) is 7.45. The van der Waals surface area contributed by atoms with E-state index in [9.17, 15) is 13.6 Å². The first-order valence-corrected chi connectivity index (χ1v) is 7.45. The predicted molar refractivity (Wildman–Crippen MR) is 86.2 cm³/mol. The zero-order valence-corrected chi connectivity index (χ0v) is 13.0. The first-order chi connectivity index (χ1) is 12.1. The van der Waals surface area contributed by atoms with Gasteiger partial charge < -0.3 is 14.5 Å². The van der Waals surface area contributed by atoms with Gasteiger partial charge in [-0.15, -0.1) is 0 Å². The molecule has 3 aromatic rings. The average molecular weight is 344 g/mol. The molecule has 0 atom stereocenters. The maximum Gasteiger partial charge on any atom is 0.387 e. The van der Waals surface area contributed by atoms with E-state index in [0.717, 1.165) is 5.56 Å². The Hall–Kier alpha value is -3.22. The number of alkyl halides is 2. The molecular formula is C18H14F2N2O3. The molecule has 0 bridgehead atoms. The third kappa shape index (κ3) is 4.20. The molecule has 1 heterocycles. The Morgan fingerprint density at radius 2 is 1.84 bits per heavy atom. The van der Waals surface area contributed by atoms with Gasteiger partial charge in [0, 0.05) is 5.56 Å². The largest absolute Gasteiger partial charge is 0.444 e. The summed E-state index contributed by atoms with van der Waals surface area (Å²) < 4.78 is 34.5. The Balaban J connectivity index is 1.66. The molecule has 25 heavy (non-hydrogen) atoms. The van der Waals surface area contributed by atoms with Crippen molar-refractivity contribution in [2.45, 2.75) is 13.2 Å². The number of ether oxygens (including phenoxy) is 1. The van der Waals surface area contributed by atoms with E-state index >= 15 is 0 Å². The van der Waals surface area contributed by atoms with Gasteiger partial charge in [-0.2, -0.15) is 8.78 Å². The van der Waals surface area contributed by atoms with Crippen LogP contribution in [0.1, 0.15) is 16.1 Å². The van der Waals surface area contributed by atoms with Crippen LogP contribution >= 0.6 is 0 Å². The minimum absolute atomic E-state index is 0.0228. The number of hydrogen-bond donors (Lipinski definition) is 1. The van der Waals surface area contributed by atoms with Gasteiger partial charge in [0.05, 0.1) is 17.8 Å². The van der Waals surface area contributed by atoms with Crippen molar-refractivity contribution in [2.24, 2.45) is 0 Å². The minimum Gasteiger partial charge on any atom is -0.444 e. The van der Waals surface area contributed by atoms with Crippen LogP contribution in [0, 0.1) is 0 Å². The number of benzene rings is 2. The van der Waals surface area contributed by atoms with E-state index in [0.29, 0.717) is 11.6 Å². The van der Waals surface area contributed by atoms with Crippen molar-refractivity contribution in [1.29, 1.82) is 0 Å². The molecule has 1 aromatic heterocycles. The second kappa shape index (κ2) is 7.57. The summed E-state index contributed by atoms with van der Waals surface area (Å²) in [4.78, 5) is 16.5. The third-order valence-corrected chi connectivity index (χ3v) is 3.35. The molecule has 3 rings (SSSR count). The number of nitrogens with zero attached hydrogens (tertiary/aromatic N) is 1. The molecule has 0 spiro atoms. The summed E-state index contributed by atoms with van der Waals surface area (Å²) in [6.07, 6.45) is 1.43. The second-order valence-electron chi connectivity index (χ2n) is 5.07. The van der Waals surface area contributed by atoms with Crippen molar-refractivity contribution < 1.29 is 22.7 Å². The molecule has 1 amide bonds. The molecular weight excluding hydrogens is 330 g/mol. The van der Waals surface area contributed by atoms with Gasteiger partial charge in [0.1, 0.15) is 12.0 Å². The molecule has 128 valence electrons. The number of para-hydroxylation sites is 1. The molecule has 2 aromatic carbocycles. The lowest BCUT2D eigenvalue weighted by Gasteiger charge is -2.10. The summed E-state index contributed by atoms with van der Waals surface area (Å²) in [5.41, 5.74) is 1.35. The van der Waals surface area contributed by atoms with Gasteiger partial charge in [-0.05, 0) is 24.3 Å². The monoisotopic (exact) mass is 344 g/mol. The van der Waals surface area contributed by atoms with E-state index in [4.69, 9.17) is 4.42 Å². The van der Waals surface area contributed by atoms with Crippen molar-refractivity contribution in [3.63, 3.8) is 0 Å². The highest BCUT2D eigenvalue weighted by molar-refractivity contribution is 5.96. The second-order valence-corrected chi connectivity index (χ2v) is 5.07. The van der Waals surface area contributed by atoms with Gasteiger partial charge in [-0.25, -0.2) is 4.98 Å². The van der Waals surface area contributed by atoms with Crippen LogP contribution in [0.2, 0.25) is 0 Å². The summed E-state index contributed by atoms with van der Waals surface area (Å²) in [5, 5.41) is 2.61. The van der Waals surface area contributed by atoms with Crippen molar-refractivity contribution in [2.75, 3.05) is 0 Å². The molecule has 0 fully saturated rings. The fourth-order valence-corrected chi connectivity index (χ4v) is 2.22. The molecule has 0 radical (unpaired) electrons. The molecule has 7 heteroatoms. The lowest BCUT2D eigenvalue weighted by Crippen LogP contribution is -2.24. The van der Waals surface area contributed by atoms with Crippen molar-refractivity contribution in [1.82, 2.24) is 10.3 Å². The summed E-state index contributed by atoms with van der Waals surface area (Å²) in [6.45, 7) is -2.91. The fourth-order valence-electron chi connectivity index (χ4n) is 2.22. The van der Waals surface area contributed by atoms with Crippen molar-refractivity contribution in [3.8, 4) is 17.2 Å². The maximum absolute atomic E-state index is 12.4. The number of carbonyl (C=O) groups is 1. The van der Waals surface area contributed by atoms with Gasteiger partial charge in [0.25, 0.3) is 5.91 Å². The van der Waals surface area contributed by atoms with Gasteiger partial charge in [-0.3, -0.25) is 4.79 Å². The fraction of sp³-hybridized carbons (Fsp3) is 0.111. The van der Waals surface area contributed by atoms with Crippen LogP contribution in [-0.4, -0.2) is 17.5 Å². The Labute approximate surface area is 142 Å². The smallest absolute Gasteiger partial charge is 0.387 e. The Morgan fingerprint density at radius 1 is 1.12 bits per heavy atom. The van der Waals surface area contributed by atoms with Crippen LogP contribution in [0.3, 0.4) is 0 Å². The minimum atomic E-state index is -3.00. The Kier molecular flexibility index (Phi) is 5.03. The number of rotatable bonds is 6. The van der Waals surface area contributed by atoms with E-state index in [2.05, 4.69) is 15.0 Å². The molecule has 1 N–H and O–H groups in total. The van der Waals surface area contributed by atoms with E-state index < -0.39 is 12.5 Å². The topological polar surface area (TPSA) is 64.4 Å². The van der Waals surface area contributed by atoms with Gasteiger partial charge in [0.15, 0.2) is 0 Å². The molecule has 5 nitrogen and oxygen atoms in total. The molecule has 0 unspecified atom stereocenters. The number of hydrogen-bond acceptors (Lipinski definition) is 4. The van der Waals surface area contributed by atoms with Crippen LogP contribution in [0.25, 0.3) is 11.5 Å². The van der Waals surface area contributed by atoms with E-state index in [1.807, 2.05) is 30.3 Å². The molecule has 0 saturated heterocycles. The number of aromatic nitrogens is 1. The van der Waals surface area contributed by atoms with Gasteiger partial charge in [0.2, 0.25) is 5.89 Å². The summed E-state index contributed by atoms with van der Waals surface area (Å²) in [6, 6.07) is 15.1. The lowest BCUT2D eigenvalue weighted by molar-refractivity contribution is -0.0501.